The quantitative estimate of drug-likeness (QED) is 0.0483. The van der Waals surface area contributed by atoms with Crippen LogP contribution < -0.4 is 0 Å². The molecule has 0 aromatic carbocycles. The highest BCUT2D eigenvalue weighted by Crippen LogP contribution is 2.22. The third-order valence-corrected chi connectivity index (χ3v) is 10.3. The van der Waals surface area contributed by atoms with E-state index in [1.807, 2.05) is 0 Å². The number of hydrogen-bond donors (Lipinski definition) is 0. The Hall–Kier alpha value is -0.240. The van der Waals surface area contributed by atoms with Gasteiger partial charge in [-0.2, -0.15) is 0 Å². The molecule has 0 heterocycles. The number of hydrogen-bond acceptors (Lipinski definition) is 4. The van der Waals surface area contributed by atoms with Crippen LogP contribution in [0.25, 0.3) is 0 Å². The van der Waals surface area contributed by atoms with Gasteiger partial charge in [0.1, 0.15) is 13.1 Å². The molecule has 0 rings (SSSR count). The number of unbranched alkanes of at least 4 members (excludes halogenated alkanes) is 18. The van der Waals surface area contributed by atoms with Crippen LogP contribution in [0.1, 0.15) is 156 Å². The minimum atomic E-state index is -0.274. The van der Waals surface area contributed by atoms with Crippen LogP contribution in [0.15, 0.2) is 0 Å². The topological polar surface area (TPSA) is 36.9 Å². The van der Waals surface area contributed by atoms with Crippen molar-refractivity contribution in [1.29, 1.82) is 0 Å². The van der Waals surface area contributed by atoms with E-state index in [0.29, 0.717) is 26.4 Å². The Kier molecular flexibility index (Phi) is 31.6. The van der Waals surface area contributed by atoms with Crippen molar-refractivity contribution in [3.8, 4) is 0 Å². The summed E-state index contributed by atoms with van der Waals surface area (Å²) in [6, 6.07) is 0. The molecule has 0 amide bonds. The summed E-state index contributed by atoms with van der Waals surface area (Å²) < 4.78 is 27.6. The van der Waals surface area contributed by atoms with Crippen LogP contribution in [-0.2, 0) is 18.9 Å². The van der Waals surface area contributed by atoms with E-state index in [4.69, 9.17) is 18.9 Å². The summed E-state index contributed by atoms with van der Waals surface area (Å²) in [5.41, 5.74) is -0.274. The van der Waals surface area contributed by atoms with Gasteiger partial charge in [-0.15, -0.1) is 0 Å². The van der Waals surface area contributed by atoms with Crippen molar-refractivity contribution in [2.24, 2.45) is 5.41 Å². The van der Waals surface area contributed by atoms with E-state index >= 15 is 0 Å². The van der Waals surface area contributed by atoms with Gasteiger partial charge < -0.3 is 27.9 Å². The summed E-state index contributed by atoms with van der Waals surface area (Å²) in [5.74, 6) is 0. The largest absolute Gasteiger partial charge is 0.381 e. The molecule has 0 unspecified atom stereocenters. The summed E-state index contributed by atoms with van der Waals surface area (Å²) in [4.78, 5) is 0. The predicted molar refractivity (Wildman–Crippen MR) is 204 cm³/mol. The Morgan fingerprint density at radius 2 is 0.596 bits per heavy atom. The number of likely N-dealkylation sites (N-methyl/N-ethyl adjacent to an activating group) is 2. The minimum Gasteiger partial charge on any atom is -0.381 e. The first-order chi connectivity index (χ1) is 22.7. The molecule has 0 bridgehead atoms. The Morgan fingerprint density at radius 1 is 0.340 bits per heavy atom. The van der Waals surface area contributed by atoms with E-state index in [1.54, 1.807) is 0 Å². The summed E-state index contributed by atoms with van der Waals surface area (Å²) >= 11 is 0. The van der Waals surface area contributed by atoms with Gasteiger partial charge in [0.15, 0.2) is 0 Å². The summed E-state index contributed by atoms with van der Waals surface area (Å²) in [7, 11) is 9.11. The fourth-order valence-corrected chi connectivity index (χ4v) is 5.73. The van der Waals surface area contributed by atoms with Crippen LogP contribution in [-0.4, -0.2) is 116 Å². The molecule has 6 nitrogen and oxygen atoms in total. The highest BCUT2D eigenvalue weighted by Gasteiger charge is 2.33. The van der Waals surface area contributed by atoms with Crippen LogP contribution in [0.5, 0.6) is 0 Å². The van der Waals surface area contributed by atoms with E-state index in [9.17, 15) is 0 Å². The molecule has 0 aliphatic heterocycles. The smallest absolute Gasteiger partial charge is 0.102 e. The lowest BCUT2D eigenvalue weighted by Gasteiger charge is -2.35. The molecule has 0 radical (unpaired) electrons. The fourth-order valence-electron chi connectivity index (χ4n) is 5.73. The van der Waals surface area contributed by atoms with E-state index in [-0.39, 0.29) is 5.41 Å². The van der Waals surface area contributed by atoms with Crippen LogP contribution >= 0.6 is 0 Å². The third kappa shape index (κ3) is 30.3. The molecule has 6 heteroatoms. The Labute approximate surface area is 296 Å². The average Bonchev–Trinajstić information content (AvgIpc) is 3.06. The van der Waals surface area contributed by atoms with Crippen LogP contribution in [0.2, 0.25) is 0 Å². The second kappa shape index (κ2) is 31.7. The molecule has 0 aromatic rings. The van der Waals surface area contributed by atoms with Crippen molar-refractivity contribution in [1.82, 2.24) is 0 Å². The van der Waals surface area contributed by atoms with Crippen molar-refractivity contribution in [3.63, 3.8) is 0 Å². The molecule has 0 aliphatic carbocycles. The summed E-state index contributed by atoms with van der Waals surface area (Å²) in [6.07, 6.45) is 26.9. The second-order valence-corrected chi connectivity index (χ2v) is 16.0. The third-order valence-electron chi connectivity index (χ3n) is 10.3. The molecule has 0 atom stereocenters. The summed E-state index contributed by atoms with van der Waals surface area (Å²) in [6.45, 7) is 19.0. The van der Waals surface area contributed by atoms with Gasteiger partial charge in [0, 0.05) is 13.2 Å². The summed E-state index contributed by atoms with van der Waals surface area (Å²) in [5, 5.41) is 0. The first-order valence-electron chi connectivity index (χ1n) is 20.6. The molecule has 0 aliphatic rings. The SMILES string of the molecule is CCCCCCCCCCCCOCC(COCCCCCCCCCCCC)(COCC[N+](C)(C)CC)COCC[N+](C)(C)CC. The van der Waals surface area contributed by atoms with E-state index in [1.165, 1.54) is 116 Å². The molecule has 0 N–H and O–H groups in total. The molecule has 284 valence electrons. The maximum absolute atomic E-state index is 6.42. The predicted octanol–water partition coefficient (Wildman–Crippen LogP) is 10.1. The van der Waals surface area contributed by atoms with Gasteiger partial charge in [-0.1, -0.05) is 129 Å². The Morgan fingerprint density at radius 3 is 0.872 bits per heavy atom. The first kappa shape index (κ1) is 46.8. The molecular weight excluding hydrogens is 584 g/mol. The van der Waals surface area contributed by atoms with Crippen LogP contribution in [0, 0.1) is 5.41 Å². The van der Waals surface area contributed by atoms with E-state index < -0.39 is 0 Å². The average molecular weight is 673 g/mol. The number of ether oxygens (including phenoxy) is 4. The zero-order valence-electron chi connectivity index (χ0n) is 33.7. The lowest BCUT2D eigenvalue weighted by atomic mass is 9.92. The number of nitrogens with zero attached hydrogens (tertiary/aromatic N) is 2. The lowest BCUT2D eigenvalue weighted by molar-refractivity contribution is -0.889. The van der Waals surface area contributed by atoms with Gasteiger partial charge in [0.25, 0.3) is 0 Å². The first-order valence-corrected chi connectivity index (χ1v) is 20.6. The zero-order valence-corrected chi connectivity index (χ0v) is 33.7. The van der Waals surface area contributed by atoms with Crippen molar-refractivity contribution >= 4 is 0 Å². The van der Waals surface area contributed by atoms with Gasteiger partial charge in [0.05, 0.1) is 86.3 Å². The number of quaternary nitrogens is 2. The van der Waals surface area contributed by atoms with Crippen LogP contribution in [0.3, 0.4) is 0 Å². The molecule has 0 fully saturated rings. The number of rotatable bonds is 38. The molecule has 47 heavy (non-hydrogen) atoms. The highest BCUT2D eigenvalue weighted by atomic mass is 16.5. The maximum atomic E-state index is 6.42. The maximum Gasteiger partial charge on any atom is 0.102 e. The minimum absolute atomic E-state index is 0.274. The fraction of sp³-hybridized carbons (Fsp3) is 1.00. The Bertz CT molecular complexity index is 589. The van der Waals surface area contributed by atoms with E-state index in [0.717, 1.165) is 74.4 Å². The van der Waals surface area contributed by atoms with Crippen molar-refractivity contribution in [2.75, 3.05) is 107 Å². The standard InChI is InChI=1S/C41H88N2O4/c1-9-13-15-17-19-21-23-25-27-29-33-44-37-41(39-46-35-31-42(5,6)11-3,40-47-36-32-43(7,8)12-4)38-45-34-30-28-26-24-22-20-18-16-14-10-2/h9-40H2,1-8H3/q+2. The van der Waals surface area contributed by atoms with Crippen LogP contribution in [0.4, 0.5) is 0 Å². The van der Waals surface area contributed by atoms with Gasteiger partial charge >= 0.3 is 0 Å². The molecule has 0 spiro atoms. The normalized spacial score (nSPS) is 12.8. The van der Waals surface area contributed by atoms with E-state index in [2.05, 4.69) is 55.9 Å². The molecule has 0 saturated carbocycles. The van der Waals surface area contributed by atoms with Crippen molar-refractivity contribution in [3.05, 3.63) is 0 Å². The monoisotopic (exact) mass is 673 g/mol. The molecule has 0 saturated heterocycles. The van der Waals surface area contributed by atoms with Gasteiger partial charge in [-0.05, 0) is 26.7 Å². The van der Waals surface area contributed by atoms with Gasteiger partial charge in [0.2, 0.25) is 0 Å². The molecular formula is C41H88N2O4+2. The highest BCUT2D eigenvalue weighted by molar-refractivity contribution is 4.79. The van der Waals surface area contributed by atoms with Gasteiger partial charge in [-0.25, -0.2) is 0 Å². The Balaban J connectivity index is 4.91. The van der Waals surface area contributed by atoms with Crippen molar-refractivity contribution < 1.29 is 27.9 Å². The second-order valence-electron chi connectivity index (χ2n) is 16.0. The van der Waals surface area contributed by atoms with Gasteiger partial charge in [-0.3, -0.25) is 0 Å². The lowest BCUT2D eigenvalue weighted by Crippen LogP contribution is -2.46. The molecule has 0 aromatic heterocycles. The van der Waals surface area contributed by atoms with Crippen molar-refractivity contribution in [2.45, 2.75) is 156 Å². The zero-order chi connectivity index (χ0) is 35.0.